The SMILES string of the molecule is COc1cnc2c(-c3ccc(CNS(=O)O)cc3)ccnc2c1. The molecule has 0 aliphatic carbocycles. The standard InChI is InChI=1S/C16H15N3O3S/c1-22-13-8-15-16(18-10-13)14(6-7-17-15)12-4-2-11(3-5-12)9-19-23(20)21/h2-8,10,19H,9H2,1H3,(H,20,21). The van der Waals surface area contributed by atoms with Crippen LogP contribution in [0.1, 0.15) is 5.56 Å². The van der Waals surface area contributed by atoms with E-state index in [1.807, 2.05) is 36.4 Å². The lowest BCUT2D eigenvalue weighted by molar-refractivity contribution is 0.413. The smallest absolute Gasteiger partial charge is 0.232 e. The van der Waals surface area contributed by atoms with E-state index in [-0.39, 0.29) is 0 Å². The minimum Gasteiger partial charge on any atom is -0.495 e. The molecule has 23 heavy (non-hydrogen) atoms. The third-order valence-electron chi connectivity index (χ3n) is 3.45. The van der Waals surface area contributed by atoms with E-state index in [1.54, 1.807) is 19.5 Å². The zero-order valence-electron chi connectivity index (χ0n) is 12.4. The number of ether oxygens (including phenoxy) is 1. The Bertz CT molecular complexity index is 853. The van der Waals surface area contributed by atoms with Gasteiger partial charge in [-0.2, -0.15) is 0 Å². The van der Waals surface area contributed by atoms with Gasteiger partial charge in [-0.15, -0.1) is 0 Å². The Balaban J connectivity index is 1.95. The molecule has 2 aromatic heterocycles. The largest absolute Gasteiger partial charge is 0.495 e. The van der Waals surface area contributed by atoms with Crippen LogP contribution < -0.4 is 9.46 Å². The Labute approximate surface area is 136 Å². The number of nitrogens with one attached hydrogen (secondary N) is 1. The Morgan fingerprint density at radius 1 is 1.22 bits per heavy atom. The first-order chi connectivity index (χ1) is 11.2. The molecule has 0 spiro atoms. The van der Waals surface area contributed by atoms with Crippen molar-refractivity contribution in [2.45, 2.75) is 6.54 Å². The molecule has 2 N–H and O–H groups in total. The molecule has 0 aliphatic heterocycles. The Morgan fingerprint density at radius 3 is 2.70 bits per heavy atom. The Morgan fingerprint density at radius 2 is 2.00 bits per heavy atom. The third-order valence-corrected chi connectivity index (χ3v) is 3.84. The first-order valence-electron chi connectivity index (χ1n) is 6.90. The average molecular weight is 329 g/mol. The van der Waals surface area contributed by atoms with E-state index in [9.17, 15) is 4.21 Å². The Hall–Kier alpha value is -2.35. The van der Waals surface area contributed by atoms with E-state index in [4.69, 9.17) is 9.29 Å². The van der Waals surface area contributed by atoms with Gasteiger partial charge in [0.1, 0.15) is 5.75 Å². The molecule has 0 aliphatic rings. The predicted octanol–water partition coefficient (Wildman–Crippen LogP) is 2.53. The summed E-state index contributed by atoms with van der Waals surface area (Å²) in [5.74, 6) is 0.667. The molecular weight excluding hydrogens is 314 g/mol. The van der Waals surface area contributed by atoms with Crippen molar-refractivity contribution >= 4 is 22.3 Å². The molecule has 0 bridgehead atoms. The molecular formula is C16H15N3O3S. The maximum absolute atomic E-state index is 10.6. The molecule has 1 atom stereocenters. The fourth-order valence-electron chi connectivity index (χ4n) is 2.30. The highest BCUT2D eigenvalue weighted by Gasteiger charge is 2.07. The fourth-order valence-corrected chi connectivity index (χ4v) is 2.59. The van der Waals surface area contributed by atoms with Crippen molar-refractivity contribution in [3.05, 3.63) is 54.4 Å². The molecule has 3 aromatic rings. The maximum Gasteiger partial charge on any atom is 0.232 e. The second-order valence-corrected chi connectivity index (χ2v) is 5.66. The minimum absolute atomic E-state index is 0.329. The number of rotatable bonds is 5. The van der Waals surface area contributed by atoms with Crippen molar-refractivity contribution < 1.29 is 13.5 Å². The molecule has 118 valence electrons. The number of hydrogen-bond acceptors (Lipinski definition) is 4. The molecule has 0 fully saturated rings. The van der Waals surface area contributed by atoms with Crippen molar-refractivity contribution in [3.8, 4) is 16.9 Å². The number of aromatic nitrogens is 2. The zero-order valence-corrected chi connectivity index (χ0v) is 13.2. The van der Waals surface area contributed by atoms with Gasteiger partial charge >= 0.3 is 0 Å². The molecule has 2 heterocycles. The summed E-state index contributed by atoms with van der Waals surface area (Å²) in [6.45, 7) is 0.329. The van der Waals surface area contributed by atoms with Crippen LogP contribution in [0.4, 0.5) is 0 Å². The first kappa shape index (κ1) is 15.5. The first-order valence-corrected chi connectivity index (χ1v) is 8.00. The predicted molar refractivity (Wildman–Crippen MR) is 89.1 cm³/mol. The summed E-state index contributed by atoms with van der Waals surface area (Å²) in [5, 5.41) is 0. The molecule has 0 radical (unpaired) electrons. The number of pyridine rings is 2. The van der Waals surface area contributed by atoms with Gasteiger partial charge in [-0.25, -0.2) is 8.93 Å². The summed E-state index contributed by atoms with van der Waals surface area (Å²) in [7, 11) is 1.60. The lowest BCUT2D eigenvalue weighted by Gasteiger charge is -2.08. The van der Waals surface area contributed by atoms with Crippen molar-refractivity contribution in [2.75, 3.05) is 7.11 Å². The zero-order chi connectivity index (χ0) is 16.2. The van der Waals surface area contributed by atoms with Gasteiger partial charge in [0, 0.05) is 24.4 Å². The summed E-state index contributed by atoms with van der Waals surface area (Å²) >= 11 is -2.01. The molecule has 0 saturated carbocycles. The second kappa shape index (κ2) is 6.82. The Kier molecular flexibility index (Phi) is 4.61. The van der Waals surface area contributed by atoms with Crippen LogP contribution in [-0.2, 0) is 17.8 Å². The highest BCUT2D eigenvalue weighted by atomic mass is 32.2. The van der Waals surface area contributed by atoms with E-state index >= 15 is 0 Å². The van der Waals surface area contributed by atoms with E-state index < -0.39 is 11.3 Å². The van der Waals surface area contributed by atoms with Gasteiger partial charge in [-0.05, 0) is 17.2 Å². The summed E-state index contributed by atoms with van der Waals surface area (Å²) in [4.78, 5) is 8.77. The van der Waals surface area contributed by atoms with Gasteiger partial charge in [0.2, 0.25) is 11.3 Å². The second-order valence-electron chi connectivity index (χ2n) is 4.87. The number of nitrogens with zero attached hydrogens (tertiary/aromatic N) is 2. The lowest BCUT2D eigenvalue weighted by atomic mass is 10.0. The van der Waals surface area contributed by atoms with Gasteiger partial charge < -0.3 is 4.74 Å². The molecule has 0 saturated heterocycles. The molecule has 0 amide bonds. The number of benzene rings is 1. The van der Waals surface area contributed by atoms with Crippen LogP contribution in [0.15, 0.2) is 48.8 Å². The van der Waals surface area contributed by atoms with Gasteiger partial charge in [-0.1, -0.05) is 24.3 Å². The fraction of sp³-hybridized carbons (Fsp3) is 0.125. The third kappa shape index (κ3) is 3.53. The van der Waals surface area contributed by atoms with E-state index in [2.05, 4.69) is 14.7 Å². The number of hydrogen-bond donors (Lipinski definition) is 2. The van der Waals surface area contributed by atoms with Crippen molar-refractivity contribution in [1.29, 1.82) is 0 Å². The summed E-state index contributed by atoms with van der Waals surface area (Å²) in [6.07, 6.45) is 3.41. The highest BCUT2D eigenvalue weighted by molar-refractivity contribution is 7.77. The van der Waals surface area contributed by atoms with Crippen LogP contribution in [0, 0.1) is 0 Å². The normalized spacial score (nSPS) is 12.3. The summed E-state index contributed by atoms with van der Waals surface area (Å²) in [6, 6.07) is 11.5. The van der Waals surface area contributed by atoms with E-state index in [0.29, 0.717) is 12.3 Å². The molecule has 1 aromatic carbocycles. The van der Waals surface area contributed by atoms with Crippen LogP contribution in [0.5, 0.6) is 5.75 Å². The summed E-state index contributed by atoms with van der Waals surface area (Å²) < 4.78 is 27.0. The molecule has 1 unspecified atom stereocenters. The summed E-state index contributed by atoms with van der Waals surface area (Å²) in [5.41, 5.74) is 4.47. The van der Waals surface area contributed by atoms with Crippen LogP contribution >= 0.6 is 0 Å². The van der Waals surface area contributed by atoms with Crippen molar-refractivity contribution in [2.24, 2.45) is 0 Å². The molecule has 7 heteroatoms. The minimum atomic E-state index is -2.01. The van der Waals surface area contributed by atoms with Crippen molar-refractivity contribution in [3.63, 3.8) is 0 Å². The van der Waals surface area contributed by atoms with E-state index in [1.165, 1.54) is 0 Å². The van der Waals surface area contributed by atoms with Crippen LogP contribution in [0.25, 0.3) is 22.2 Å². The van der Waals surface area contributed by atoms with Gasteiger partial charge in [0.15, 0.2) is 0 Å². The van der Waals surface area contributed by atoms with Crippen molar-refractivity contribution in [1.82, 2.24) is 14.7 Å². The maximum atomic E-state index is 10.6. The number of methoxy groups -OCH3 is 1. The highest BCUT2D eigenvalue weighted by Crippen LogP contribution is 2.27. The lowest BCUT2D eigenvalue weighted by Crippen LogP contribution is -2.15. The van der Waals surface area contributed by atoms with Gasteiger partial charge in [-0.3, -0.25) is 14.5 Å². The van der Waals surface area contributed by atoms with Gasteiger partial charge in [0.25, 0.3) is 0 Å². The van der Waals surface area contributed by atoms with Crippen LogP contribution in [-0.4, -0.2) is 25.8 Å². The van der Waals surface area contributed by atoms with E-state index in [0.717, 1.165) is 27.7 Å². The van der Waals surface area contributed by atoms with Gasteiger partial charge in [0.05, 0.1) is 24.3 Å². The topological polar surface area (TPSA) is 84.3 Å². The monoisotopic (exact) mass is 329 g/mol. The average Bonchev–Trinajstić information content (AvgIpc) is 2.59. The van der Waals surface area contributed by atoms with Crippen LogP contribution in [0.2, 0.25) is 0 Å². The number of fused-ring (bicyclic) bond motifs is 1. The van der Waals surface area contributed by atoms with Crippen LogP contribution in [0.3, 0.4) is 0 Å². The quantitative estimate of drug-likeness (QED) is 0.703. The molecule has 6 nitrogen and oxygen atoms in total. The molecule has 3 rings (SSSR count).